The first-order valence-electron chi connectivity index (χ1n) is 4.79. The third-order valence-electron chi connectivity index (χ3n) is 2.85. The van der Waals surface area contributed by atoms with Crippen LogP contribution in [0.25, 0.3) is 0 Å². The van der Waals surface area contributed by atoms with E-state index in [2.05, 4.69) is 19.2 Å². The highest BCUT2D eigenvalue weighted by Gasteiger charge is 2.29. The van der Waals surface area contributed by atoms with Crippen molar-refractivity contribution in [1.29, 1.82) is 0 Å². The minimum atomic E-state index is -0.0683. The highest BCUT2D eigenvalue weighted by molar-refractivity contribution is 5.59. The second-order valence-electron chi connectivity index (χ2n) is 3.65. The molecule has 70 valence electrons. The Morgan fingerprint density at radius 2 is 2.23 bits per heavy atom. The van der Waals surface area contributed by atoms with Gasteiger partial charge < -0.3 is 5.32 Å². The molecule has 1 aliphatic rings. The summed E-state index contributed by atoms with van der Waals surface area (Å²) in [6.45, 7) is 4.21. The maximum absolute atomic E-state index is 13.5. The van der Waals surface area contributed by atoms with Gasteiger partial charge in [-0.05, 0) is 25.5 Å². The molecule has 0 saturated carbocycles. The molecule has 0 radical (unpaired) electrons. The van der Waals surface area contributed by atoms with Crippen molar-refractivity contribution in [3.05, 3.63) is 29.6 Å². The maximum atomic E-state index is 13.5. The zero-order valence-electron chi connectivity index (χ0n) is 7.97. The molecule has 0 aliphatic carbocycles. The van der Waals surface area contributed by atoms with Crippen molar-refractivity contribution in [1.82, 2.24) is 0 Å². The molecule has 1 aromatic rings. The molecule has 2 heteroatoms. The molecule has 0 amide bonds. The number of halogens is 1. The summed E-state index contributed by atoms with van der Waals surface area (Å²) in [5, 5.41) is 3.30. The molecule has 0 aromatic heterocycles. The molecule has 0 bridgehead atoms. The molecular formula is C11H14FN. The van der Waals surface area contributed by atoms with Crippen LogP contribution in [0.1, 0.15) is 31.7 Å². The number of benzene rings is 1. The fourth-order valence-corrected chi connectivity index (χ4v) is 2.19. The van der Waals surface area contributed by atoms with Gasteiger partial charge in [-0.15, -0.1) is 0 Å². The first-order valence-corrected chi connectivity index (χ1v) is 4.79. The molecular weight excluding hydrogens is 165 g/mol. The molecule has 1 heterocycles. The summed E-state index contributed by atoms with van der Waals surface area (Å²) in [6, 6.07) is 5.61. The molecule has 2 atom stereocenters. The van der Waals surface area contributed by atoms with Gasteiger partial charge in [-0.2, -0.15) is 0 Å². The summed E-state index contributed by atoms with van der Waals surface area (Å²) in [4.78, 5) is 0. The highest BCUT2D eigenvalue weighted by Crippen LogP contribution is 2.39. The van der Waals surface area contributed by atoms with Crippen molar-refractivity contribution in [3.8, 4) is 0 Å². The molecule has 0 fully saturated rings. The van der Waals surface area contributed by atoms with Gasteiger partial charge in [-0.1, -0.05) is 13.0 Å². The topological polar surface area (TPSA) is 12.0 Å². The third kappa shape index (κ3) is 1.21. The Kier molecular flexibility index (Phi) is 1.98. The lowest BCUT2D eigenvalue weighted by molar-refractivity contribution is 0.556. The quantitative estimate of drug-likeness (QED) is 0.698. The summed E-state index contributed by atoms with van der Waals surface area (Å²) < 4.78 is 13.5. The third-order valence-corrected chi connectivity index (χ3v) is 2.85. The lowest BCUT2D eigenvalue weighted by atomic mass is 9.93. The number of hydrogen-bond donors (Lipinski definition) is 1. The van der Waals surface area contributed by atoms with Crippen LogP contribution in [-0.2, 0) is 0 Å². The number of rotatable bonds is 1. The first-order chi connectivity index (χ1) is 6.24. The molecule has 0 saturated heterocycles. The van der Waals surface area contributed by atoms with Crippen molar-refractivity contribution in [2.24, 2.45) is 0 Å². The number of nitrogens with one attached hydrogen (secondary N) is 1. The van der Waals surface area contributed by atoms with Crippen molar-refractivity contribution in [2.45, 2.75) is 32.2 Å². The van der Waals surface area contributed by atoms with Crippen molar-refractivity contribution in [3.63, 3.8) is 0 Å². The smallest absolute Gasteiger partial charge is 0.128 e. The summed E-state index contributed by atoms with van der Waals surface area (Å²) in [5.41, 5.74) is 1.84. The Hall–Kier alpha value is -1.05. The molecule has 1 aliphatic heterocycles. The van der Waals surface area contributed by atoms with Crippen LogP contribution in [0.5, 0.6) is 0 Å². The molecule has 0 spiro atoms. The van der Waals surface area contributed by atoms with Gasteiger partial charge in [0.05, 0.1) is 0 Å². The lowest BCUT2D eigenvalue weighted by Crippen LogP contribution is -2.15. The van der Waals surface area contributed by atoms with Gasteiger partial charge in [0, 0.05) is 23.2 Å². The number of anilines is 1. The van der Waals surface area contributed by atoms with E-state index in [0.29, 0.717) is 12.0 Å². The molecule has 1 N–H and O–H groups in total. The number of fused-ring (bicyclic) bond motifs is 1. The fourth-order valence-electron chi connectivity index (χ4n) is 2.19. The van der Waals surface area contributed by atoms with Crippen molar-refractivity contribution >= 4 is 5.69 Å². The van der Waals surface area contributed by atoms with E-state index in [1.807, 2.05) is 6.07 Å². The average Bonchev–Trinajstić information content (AvgIpc) is 2.42. The second-order valence-corrected chi connectivity index (χ2v) is 3.65. The average molecular weight is 179 g/mol. The molecule has 1 nitrogen and oxygen atoms in total. The Labute approximate surface area is 78.0 Å². The van der Waals surface area contributed by atoms with Crippen molar-refractivity contribution < 1.29 is 4.39 Å². The van der Waals surface area contributed by atoms with Gasteiger partial charge in [0.1, 0.15) is 5.82 Å². The Balaban J connectivity index is 2.49. The standard InChI is InChI=1S/C11H14FN/c1-3-8-7(2)13-10-6-4-5-9(12)11(8)10/h4-8,13H,3H2,1-2H3. The van der Waals surface area contributed by atoms with E-state index >= 15 is 0 Å². The fraction of sp³-hybridized carbons (Fsp3) is 0.455. The van der Waals surface area contributed by atoms with Gasteiger partial charge in [0.2, 0.25) is 0 Å². The summed E-state index contributed by atoms with van der Waals surface area (Å²) >= 11 is 0. The van der Waals surface area contributed by atoms with Gasteiger partial charge in [-0.25, -0.2) is 4.39 Å². The van der Waals surface area contributed by atoms with Crippen molar-refractivity contribution in [2.75, 3.05) is 5.32 Å². The van der Waals surface area contributed by atoms with Gasteiger partial charge in [-0.3, -0.25) is 0 Å². The normalized spacial score (nSPS) is 25.5. The van der Waals surface area contributed by atoms with Crippen LogP contribution in [0, 0.1) is 5.82 Å². The molecule has 13 heavy (non-hydrogen) atoms. The minimum absolute atomic E-state index is 0.0683. The maximum Gasteiger partial charge on any atom is 0.128 e. The summed E-state index contributed by atoms with van der Waals surface area (Å²) in [6.07, 6.45) is 0.988. The number of hydrogen-bond acceptors (Lipinski definition) is 1. The predicted octanol–water partition coefficient (Wildman–Crippen LogP) is 3.13. The van der Waals surface area contributed by atoms with Crippen LogP contribution < -0.4 is 5.32 Å². The summed E-state index contributed by atoms with van der Waals surface area (Å²) in [5.74, 6) is 0.261. The van der Waals surface area contributed by atoms with Gasteiger partial charge in [0.15, 0.2) is 0 Å². The molecule has 2 rings (SSSR count). The zero-order valence-corrected chi connectivity index (χ0v) is 7.97. The van der Waals surface area contributed by atoms with Crippen LogP contribution in [0.4, 0.5) is 10.1 Å². The monoisotopic (exact) mass is 179 g/mol. The van der Waals surface area contributed by atoms with E-state index in [1.54, 1.807) is 12.1 Å². The van der Waals surface area contributed by atoms with E-state index in [1.165, 1.54) is 0 Å². The second kappa shape index (κ2) is 3.02. The lowest BCUT2D eigenvalue weighted by Gasteiger charge is -2.13. The highest BCUT2D eigenvalue weighted by atomic mass is 19.1. The zero-order chi connectivity index (χ0) is 9.42. The van der Waals surface area contributed by atoms with E-state index < -0.39 is 0 Å². The van der Waals surface area contributed by atoms with Crippen LogP contribution in [0.2, 0.25) is 0 Å². The summed E-state index contributed by atoms with van der Waals surface area (Å²) in [7, 11) is 0. The first kappa shape index (κ1) is 8.54. The molecule has 2 unspecified atom stereocenters. The predicted molar refractivity (Wildman–Crippen MR) is 52.5 cm³/mol. The Bertz CT molecular complexity index is 322. The van der Waals surface area contributed by atoms with Crippen LogP contribution in [0.15, 0.2) is 18.2 Å². The van der Waals surface area contributed by atoms with Gasteiger partial charge in [0.25, 0.3) is 0 Å². The van der Waals surface area contributed by atoms with E-state index in [4.69, 9.17) is 0 Å². The Morgan fingerprint density at radius 1 is 1.46 bits per heavy atom. The minimum Gasteiger partial charge on any atom is -0.382 e. The van der Waals surface area contributed by atoms with Gasteiger partial charge >= 0.3 is 0 Å². The van der Waals surface area contributed by atoms with Crippen LogP contribution in [-0.4, -0.2) is 6.04 Å². The molecule has 1 aromatic carbocycles. The SMILES string of the molecule is CCC1c2c(F)cccc2NC1C. The largest absolute Gasteiger partial charge is 0.382 e. The Morgan fingerprint density at radius 3 is 2.92 bits per heavy atom. The van der Waals surface area contributed by atoms with E-state index in [-0.39, 0.29) is 5.82 Å². The van der Waals surface area contributed by atoms with Crippen LogP contribution in [0.3, 0.4) is 0 Å². The van der Waals surface area contributed by atoms with E-state index in [0.717, 1.165) is 17.7 Å². The van der Waals surface area contributed by atoms with E-state index in [9.17, 15) is 4.39 Å². The van der Waals surface area contributed by atoms with Crippen LogP contribution >= 0.6 is 0 Å².